The zero-order valence-corrected chi connectivity index (χ0v) is 6.90. The van der Waals surface area contributed by atoms with Gasteiger partial charge < -0.3 is 16.2 Å². The molecular formula is C5H13ClN2O2. The Morgan fingerprint density at radius 1 is 1.70 bits per heavy atom. The number of esters is 1. The van der Waals surface area contributed by atoms with Gasteiger partial charge in [0.2, 0.25) is 0 Å². The Kier molecular flexibility index (Phi) is 5.55. The van der Waals surface area contributed by atoms with Crippen LogP contribution in [0.1, 0.15) is 6.92 Å². The van der Waals surface area contributed by atoms with E-state index in [1.54, 1.807) is 0 Å². The summed E-state index contributed by atoms with van der Waals surface area (Å²) in [5.41, 5.74) is 9.49. The summed E-state index contributed by atoms with van der Waals surface area (Å²) in [6.07, 6.45) is 0. The van der Waals surface area contributed by atoms with Crippen LogP contribution in [0.3, 0.4) is 0 Å². The summed E-state index contributed by atoms with van der Waals surface area (Å²) in [7, 11) is 1.28. The Labute approximate surface area is 66.3 Å². The highest BCUT2D eigenvalue weighted by Gasteiger charge is 2.26. The number of rotatable bonds is 2. The molecule has 0 amide bonds. The molecule has 4 N–H and O–H groups in total. The zero-order valence-electron chi connectivity index (χ0n) is 6.09. The van der Waals surface area contributed by atoms with Crippen LogP contribution in [0.15, 0.2) is 0 Å². The molecule has 0 rings (SSSR count). The smallest absolute Gasteiger partial charge is 0.326 e. The molecule has 0 fully saturated rings. The predicted octanol–water partition coefficient (Wildman–Crippen LogP) is -0.743. The minimum absolute atomic E-state index is 0. The molecule has 1 unspecified atom stereocenters. The quantitative estimate of drug-likeness (QED) is 0.533. The summed E-state index contributed by atoms with van der Waals surface area (Å²) in [6.45, 7) is 1.62. The summed E-state index contributed by atoms with van der Waals surface area (Å²) < 4.78 is 4.36. The number of methoxy groups -OCH3 is 1. The van der Waals surface area contributed by atoms with E-state index in [0.29, 0.717) is 0 Å². The van der Waals surface area contributed by atoms with Crippen LogP contribution in [0.25, 0.3) is 0 Å². The normalized spacial score (nSPS) is 14.8. The molecule has 0 aromatic heterocycles. The lowest BCUT2D eigenvalue weighted by Gasteiger charge is -2.17. The molecule has 0 saturated heterocycles. The fourth-order valence-electron chi connectivity index (χ4n) is 0.316. The van der Waals surface area contributed by atoms with E-state index in [1.165, 1.54) is 14.0 Å². The van der Waals surface area contributed by atoms with Gasteiger partial charge >= 0.3 is 5.97 Å². The van der Waals surface area contributed by atoms with Crippen LogP contribution in [0.5, 0.6) is 0 Å². The molecule has 0 aromatic carbocycles. The second-order valence-corrected chi connectivity index (χ2v) is 2.11. The van der Waals surface area contributed by atoms with Crippen LogP contribution in [0.4, 0.5) is 0 Å². The molecule has 5 heteroatoms. The molecule has 4 nitrogen and oxygen atoms in total. The zero-order chi connectivity index (χ0) is 7.49. The second kappa shape index (κ2) is 4.49. The van der Waals surface area contributed by atoms with Crippen LogP contribution in [-0.4, -0.2) is 25.2 Å². The van der Waals surface area contributed by atoms with Crippen molar-refractivity contribution in [3.8, 4) is 0 Å². The Morgan fingerprint density at radius 3 is 2.20 bits per heavy atom. The molecule has 0 saturated carbocycles. The molecule has 0 aliphatic carbocycles. The summed E-state index contributed by atoms with van der Waals surface area (Å²) in [5, 5.41) is 0. The number of ether oxygens (including phenoxy) is 1. The van der Waals surface area contributed by atoms with Crippen molar-refractivity contribution < 1.29 is 9.53 Å². The molecule has 1 atom stereocenters. The van der Waals surface area contributed by atoms with Crippen molar-refractivity contribution in [3.63, 3.8) is 0 Å². The maximum atomic E-state index is 10.6. The van der Waals surface area contributed by atoms with E-state index in [2.05, 4.69) is 4.74 Å². The van der Waals surface area contributed by atoms with Gasteiger partial charge in [0.15, 0.2) is 0 Å². The van der Waals surface area contributed by atoms with Gasteiger partial charge in [-0.3, -0.25) is 4.79 Å². The van der Waals surface area contributed by atoms with E-state index in [4.69, 9.17) is 11.5 Å². The molecule has 0 aliphatic rings. The van der Waals surface area contributed by atoms with E-state index in [1.807, 2.05) is 0 Å². The van der Waals surface area contributed by atoms with Gasteiger partial charge in [-0.1, -0.05) is 0 Å². The fourth-order valence-corrected chi connectivity index (χ4v) is 0.316. The summed E-state index contributed by atoms with van der Waals surface area (Å²) >= 11 is 0. The summed E-state index contributed by atoms with van der Waals surface area (Å²) in [6, 6.07) is 0. The molecule has 0 aliphatic heterocycles. The van der Waals surface area contributed by atoms with Gasteiger partial charge in [-0.25, -0.2) is 0 Å². The van der Waals surface area contributed by atoms with Gasteiger partial charge in [0.25, 0.3) is 0 Å². The third-order valence-corrected chi connectivity index (χ3v) is 1.08. The van der Waals surface area contributed by atoms with E-state index in [-0.39, 0.29) is 19.0 Å². The Morgan fingerprint density at radius 2 is 2.10 bits per heavy atom. The van der Waals surface area contributed by atoms with Crippen molar-refractivity contribution in [1.29, 1.82) is 0 Å². The van der Waals surface area contributed by atoms with E-state index >= 15 is 0 Å². The van der Waals surface area contributed by atoms with Crippen molar-refractivity contribution in [2.24, 2.45) is 11.5 Å². The number of hydrogen-bond acceptors (Lipinski definition) is 4. The highest BCUT2D eigenvalue weighted by Crippen LogP contribution is 1.96. The van der Waals surface area contributed by atoms with Crippen LogP contribution >= 0.6 is 12.4 Å². The highest BCUT2D eigenvalue weighted by molar-refractivity contribution is 5.85. The van der Waals surface area contributed by atoms with Crippen LogP contribution < -0.4 is 11.5 Å². The predicted molar refractivity (Wildman–Crippen MR) is 40.9 cm³/mol. The number of nitrogens with two attached hydrogens (primary N) is 2. The molecule has 0 aromatic rings. The van der Waals surface area contributed by atoms with Gasteiger partial charge in [-0.05, 0) is 6.92 Å². The lowest BCUT2D eigenvalue weighted by atomic mass is 10.1. The first-order chi connectivity index (χ1) is 4.04. The minimum Gasteiger partial charge on any atom is -0.468 e. The number of halogens is 1. The maximum Gasteiger partial charge on any atom is 0.326 e. The lowest BCUT2D eigenvalue weighted by Crippen LogP contribution is -2.51. The molecular weight excluding hydrogens is 156 g/mol. The molecule has 0 heterocycles. The Hall–Kier alpha value is -0.320. The average Bonchev–Trinajstić information content (AvgIpc) is 1.86. The first-order valence-corrected chi connectivity index (χ1v) is 2.62. The van der Waals surface area contributed by atoms with Crippen molar-refractivity contribution in [3.05, 3.63) is 0 Å². The van der Waals surface area contributed by atoms with Gasteiger partial charge in [0.05, 0.1) is 7.11 Å². The maximum absolute atomic E-state index is 10.6. The largest absolute Gasteiger partial charge is 0.468 e. The average molecular weight is 169 g/mol. The lowest BCUT2D eigenvalue weighted by molar-refractivity contribution is -0.145. The summed E-state index contributed by atoms with van der Waals surface area (Å²) in [5.74, 6) is -0.481. The SMILES string of the molecule is COC(=O)C(C)(N)CN.Cl. The van der Waals surface area contributed by atoms with Crippen molar-refractivity contribution in [2.75, 3.05) is 13.7 Å². The standard InChI is InChI=1S/C5H12N2O2.ClH/c1-5(7,3-6)4(8)9-2;/h3,6-7H2,1-2H3;1H. The Balaban J connectivity index is 0. The third-order valence-electron chi connectivity index (χ3n) is 1.08. The van der Waals surface area contributed by atoms with E-state index in [0.717, 1.165) is 0 Å². The highest BCUT2D eigenvalue weighted by atomic mass is 35.5. The van der Waals surface area contributed by atoms with Gasteiger partial charge in [-0.2, -0.15) is 0 Å². The van der Waals surface area contributed by atoms with Crippen LogP contribution in [0, 0.1) is 0 Å². The van der Waals surface area contributed by atoms with Gasteiger partial charge in [-0.15, -0.1) is 12.4 Å². The molecule has 0 spiro atoms. The van der Waals surface area contributed by atoms with Gasteiger partial charge in [0, 0.05) is 6.54 Å². The van der Waals surface area contributed by atoms with Crippen molar-refractivity contribution in [2.45, 2.75) is 12.5 Å². The fraction of sp³-hybridized carbons (Fsp3) is 0.800. The van der Waals surface area contributed by atoms with E-state index < -0.39 is 11.5 Å². The minimum atomic E-state index is -1.03. The number of carbonyl (C=O) groups is 1. The third kappa shape index (κ3) is 3.00. The topological polar surface area (TPSA) is 78.3 Å². The molecule has 62 valence electrons. The Bertz CT molecular complexity index is 116. The number of carbonyl (C=O) groups excluding carboxylic acids is 1. The second-order valence-electron chi connectivity index (χ2n) is 2.11. The molecule has 0 bridgehead atoms. The molecule has 0 radical (unpaired) electrons. The van der Waals surface area contributed by atoms with Gasteiger partial charge in [0.1, 0.15) is 5.54 Å². The molecule has 10 heavy (non-hydrogen) atoms. The number of hydrogen-bond donors (Lipinski definition) is 2. The van der Waals surface area contributed by atoms with Crippen LogP contribution in [0.2, 0.25) is 0 Å². The van der Waals surface area contributed by atoms with Crippen molar-refractivity contribution in [1.82, 2.24) is 0 Å². The summed E-state index contributed by atoms with van der Waals surface area (Å²) in [4.78, 5) is 10.6. The van der Waals surface area contributed by atoms with E-state index in [9.17, 15) is 4.79 Å². The van der Waals surface area contributed by atoms with Crippen molar-refractivity contribution >= 4 is 18.4 Å². The van der Waals surface area contributed by atoms with Crippen LogP contribution in [-0.2, 0) is 9.53 Å². The first-order valence-electron chi connectivity index (χ1n) is 2.62. The monoisotopic (exact) mass is 168 g/mol. The first kappa shape index (κ1) is 12.4.